The van der Waals surface area contributed by atoms with E-state index in [0.717, 1.165) is 0 Å². The van der Waals surface area contributed by atoms with Crippen LogP contribution in [0.15, 0.2) is 0 Å². The first-order valence-corrected chi connectivity index (χ1v) is 7.71. The van der Waals surface area contributed by atoms with E-state index >= 15 is 0 Å². The van der Waals surface area contributed by atoms with Crippen molar-refractivity contribution in [1.29, 1.82) is 0 Å². The minimum atomic E-state index is -0.585. The van der Waals surface area contributed by atoms with Crippen molar-refractivity contribution in [3.05, 3.63) is 43.0 Å². The standard InChI is InChI=1S/C7H11N3O3.C7H9N3O3/c2*1-3-9-6(4-11)7(10(12)13)5(2)8-9/h11H,3-4H2,1-2H3;4H,3H2,1-2H3. The number of hydrogen-bond donors (Lipinski definition) is 1. The molecule has 0 saturated heterocycles. The largest absolute Gasteiger partial charge is 0.390 e. The van der Waals surface area contributed by atoms with Gasteiger partial charge in [-0.1, -0.05) is 0 Å². The van der Waals surface area contributed by atoms with Crippen LogP contribution in [0.5, 0.6) is 0 Å². The fourth-order valence-corrected chi connectivity index (χ4v) is 2.45. The molecule has 0 aliphatic heterocycles. The van der Waals surface area contributed by atoms with Gasteiger partial charge in [-0.05, 0) is 27.7 Å². The van der Waals surface area contributed by atoms with Crippen LogP contribution in [-0.4, -0.2) is 40.8 Å². The molecule has 2 aromatic rings. The predicted octanol–water partition coefficient (Wildman–Crippen LogP) is 1.54. The Bertz CT molecular complexity index is 824. The monoisotopic (exact) mass is 368 g/mol. The van der Waals surface area contributed by atoms with Gasteiger partial charge in [-0.15, -0.1) is 0 Å². The van der Waals surface area contributed by atoms with E-state index in [1.54, 1.807) is 13.8 Å². The zero-order valence-electron chi connectivity index (χ0n) is 14.9. The minimum absolute atomic E-state index is 0.0324. The van der Waals surface area contributed by atoms with E-state index in [1.165, 1.54) is 16.3 Å². The first-order valence-electron chi connectivity index (χ1n) is 7.71. The van der Waals surface area contributed by atoms with E-state index in [0.29, 0.717) is 25.1 Å². The third kappa shape index (κ3) is 4.08. The van der Waals surface area contributed by atoms with Gasteiger partial charge >= 0.3 is 11.4 Å². The molecule has 0 aliphatic carbocycles. The Balaban J connectivity index is 0.000000260. The van der Waals surface area contributed by atoms with Crippen molar-refractivity contribution < 1.29 is 19.7 Å². The van der Waals surface area contributed by atoms with Gasteiger partial charge in [0.25, 0.3) is 0 Å². The van der Waals surface area contributed by atoms with Crippen LogP contribution in [0.3, 0.4) is 0 Å². The molecule has 2 heterocycles. The molecule has 0 aromatic carbocycles. The summed E-state index contributed by atoms with van der Waals surface area (Å²) in [4.78, 5) is 30.6. The summed E-state index contributed by atoms with van der Waals surface area (Å²) in [5.41, 5.74) is 0.640. The van der Waals surface area contributed by atoms with E-state index in [2.05, 4.69) is 10.2 Å². The molecule has 0 bridgehead atoms. The van der Waals surface area contributed by atoms with Gasteiger partial charge < -0.3 is 5.11 Å². The molecule has 12 heteroatoms. The highest BCUT2D eigenvalue weighted by Gasteiger charge is 2.24. The second-order valence-electron chi connectivity index (χ2n) is 5.12. The second kappa shape index (κ2) is 8.80. The number of carbonyl (C=O) groups excluding carboxylic acids is 1. The zero-order chi connectivity index (χ0) is 20.0. The molecule has 12 nitrogen and oxygen atoms in total. The number of nitrogens with zero attached hydrogens (tertiary/aromatic N) is 6. The Labute approximate surface area is 148 Å². The van der Waals surface area contributed by atoms with Crippen LogP contribution in [-0.2, 0) is 19.7 Å². The number of aliphatic hydroxyl groups excluding tert-OH is 1. The van der Waals surface area contributed by atoms with Gasteiger partial charge in [-0.3, -0.25) is 34.4 Å². The summed E-state index contributed by atoms with van der Waals surface area (Å²) in [6, 6.07) is 0. The topological polar surface area (TPSA) is 159 Å². The third-order valence-corrected chi connectivity index (χ3v) is 3.56. The molecule has 0 spiro atoms. The van der Waals surface area contributed by atoms with Crippen LogP contribution in [0.2, 0.25) is 0 Å². The summed E-state index contributed by atoms with van der Waals surface area (Å²) >= 11 is 0. The van der Waals surface area contributed by atoms with Crippen LogP contribution in [0, 0.1) is 34.1 Å². The van der Waals surface area contributed by atoms with Gasteiger partial charge in [0.05, 0.1) is 16.5 Å². The SMILES string of the molecule is CCn1nc(C)c([N+](=O)[O-])c1C=O.CCn1nc(C)c([N+](=O)[O-])c1CO. The van der Waals surface area contributed by atoms with Crippen LogP contribution in [0.25, 0.3) is 0 Å². The minimum Gasteiger partial charge on any atom is -0.390 e. The summed E-state index contributed by atoms with van der Waals surface area (Å²) in [7, 11) is 0. The lowest BCUT2D eigenvalue weighted by atomic mass is 10.3. The van der Waals surface area contributed by atoms with E-state index in [1.807, 2.05) is 6.92 Å². The van der Waals surface area contributed by atoms with Crippen molar-refractivity contribution in [2.45, 2.75) is 47.4 Å². The smallest absolute Gasteiger partial charge is 0.320 e. The average Bonchev–Trinajstić information content (AvgIpc) is 3.10. The Morgan fingerprint density at radius 1 is 1.00 bits per heavy atom. The predicted molar refractivity (Wildman–Crippen MR) is 89.9 cm³/mol. The Hall–Kier alpha value is -3.15. The summed E-state index contributed by atoms with van der Waals surface area (Å²) in [5, 5.41) is 37.8. The summed E-state index contributed by atoms with van der Waals surface area (Å²) < 4.78 is 2.76. The van der Waals surface area contributed by atoms with Crippen LogP contribution in [0.4, 0.5) is 11.4 Å². The molecule has 0 amide bonds. The third-order valence-electron chi connectivity index (χ3n) is 3.56. The fraction of sp³-hybridized carbons (Fsp3) is 0.500. The molecule has 0 fully saturated rings. The summed E-state index contributed by atoms with van der Waals surface area (Å²) in [6.07, 6.45) is 0.460. The van der Waals surface area contributed by atoms with Crippen LogP contribution < -0.4 is 0 Å². The highest BCUT2D eigenvalue weighted by molar-refractivity contribution is 5.79. The Morgan fingerprint density at radius 2 is 1.46 bits per heavy atom. The molecule has 0 saturated carbocycles. The molecule has 2 rings (SSSR count). The second-order valence-corrected chi connectivity index (χ2v) is 5.12. The first-order chi connectivity index (χ1) is 12.2. The number of nitro groups is 2. The summed E-state index contributed by atoms with van der Waals surface area (Å²) in [6.45, 7) is 7.26. The number of carbonyl (C=O) groups is 1. The molecule has 142 valence electrons. The maximum atomic E-state index is 10.6. The molecule has 26 heavy (non-hydrogen) atoms. The maximum Gasteiger partial charge on any atom is 0.320 e. The molecule has 0 radical (unpaired) electrons. The van der Waals surface area contributed by atoms with Gasteiger partial charge in [0.2, 0.25) is 0 Å². The number of aldehydes is 1. The molecule has 0 atom stereocenters. The quantitative estimate of drug-likeness (QED) is 0.456. The molecule has 1 N–H and O–H groups in total. The van der Waals surface area contributed by atoms with Crippen molar-refractivity contribution in [3.63, 3.8) is 0 Å². The molecule has 0 aliphatic rings. The number of aryl methyl sites for hydroxylation is 4. The van der Waals surface area contributed by atoms with Gasteiger partial charge in [0.1, 0.15) is 17.1 Å². The van der Waals surface area contributed by atoms with Crippen molar-refractivity contribution in [1.82, 2.24) is 19.6 Å². The van der Waals surface area contributed by atoms with E-state index in [-0.39, 0.29) is 35.1 Å². The van der Waals surface area contributed by atoms with E-state index in [9.17, 15) is 25.0 Å². The number of hydrogen-bond acceptors (Lipinski definition) is 8. The molecular weight excluding hydrogens is 348 g/mol. The van der Waals surface area contributed by atoms with Crippen molar-refractivity contribution in [2.24, 2.45) is 0 Å². The zero-order valence-corrected chi connectivity index (χ0v) is 14.9. The van der Waals surface area contributed by atoms with Gasteiger partial charge in [-0.25, -0.2) is 0 Å². The van der Waals surface area contributed by atoms with Crippen molar-refractivity contribution in [2.75, 3.05) is 0 Å². The van der Waals surface area contributed by atoms with Crippen LogP contribution in [0.1, 0.15) is 41.4 Å². The lowest BCUT2D eigenvalue weighted by Crippen LogP contribution is -2.03. The van der Waals surface area contributed by atoms with E-state index in [4.69, 9.17) is 5.11 Å². The van der Waals surface area contributed by atoms with Crippen LogP contribution >= 0.6 is 0 Å². The molecule has 0 unspecified atom stereocenters. The van der Waals surface area contributed by atoms with Crippen molar-refractivity contribution >= 4 is 17.7 Å². The van der Waals surface area contributed by atoms with Crippen molar-refractivity contribution in [3.8, 4) is 0 Å². The van der Waals surface area contributed by atoms with E-state index < -0.39 is 9.85 Å². The number of rotatable bonds is 6. The van der Waals surface area contributed by atoms with Gasteiger partial charge in [0, 0.05) is 13.1 Å². The Kier molecular flexibility index (Phi) is 7.07. The Morgan fingerprint density at radius 3 is 1.85 bits per heavy atom. The fourth-order valence-electron chi connectivity index (χ4n) is 2.45. The van der Waals surface area contributed by atoms with Gasteiger partial charge in [-0.2, -0.15) is 10.2 Å². The lowest BCUT2D eigenvalue weighted by molar-refractivity contribution is -0.386. The lowest BCUT2D eigenvalue weighted by Gasteiger charge is -1.98. The van der Waals surface area contributed by atoms with Gasteiger partial charge in [0.15, 0.2) is 12.0 Å². The first kappa shape index (κ1) is 20.9. The number of aliphatic hydroxyl groups is 1. The number of aromatic nitrogens is 4. The summed E-state index contributed by atoms with van der Waals surface area (Å²) in [5.74, 6) is 0. The average molecular weight is 368 g/mol. The maximum absolute atomic E-state index is 10.6. The normalized spacial score (nSPS) is 10.2. The molecular formula is C14H20N6O6. The molecule has 2 aromatic heterocycles. The highest BCUT2D eigenvalue weighted by atomic mass is 16.6. The highest BCUT2D eigenvalue weighted by Crippen LogP contribution is 2.22.